The van der Waals surface area contributed by atoms with Gasteiger partial charge in [0.1, 0.15) is 11.5 Å². The van der Waals surface area contributed by atoms with E-state index in [1.54, 1.807) is 18.3 Å². The maximum atomic E-state index is 12.3. The molecule has 2 heterocycles. The van der Waals surface area contributed by atoms with Crippen molar-refractivity contribution in [1.29, 1.82) is 0 Å². The van der Waals surface area contributed by atoms with Gasteiger partial charge in [0.15, 0.2) is 0 Å². The molecule has 0 aliphatic heterocycles. The number of benzene rings is 2. The van der Waals surface area contributed by atoms with Crippen molar-refractivity contribution in [1.82, 2.24) is 15.3 Å². The number of carbonyl (C=O) groups excluding carboxylic acids is 1. The number of aromatic nitrogens is 2. The van der Waals surface area contributed by atoms with Gasteiger partial charge in [-0.1, -0.05) is 23.7 Å². The molecule has 2 N–H and O–H groups in total. The highest BCUT2D eigenvalue weighted by Crippen LogP contribution is 2.21. The van der Waals surface area contributed by atoms with Gasteiger partial charge in [0.05, 0.1) is 12.2 Å². The summed E-state index contributed by atoms with van der Waals surface area (Å²) in [6.07, 6.45) is 1.69. The first-order chi connectivity index (χ1) is 14.6. The first-order valence-corrected chi connectivity index (χ1v) is 9.74. The molecule has 30 heavy (non-hydrogen) atoms. The van der Waals surface area contributed by atoms with Crippen molar-refractivity contribution in [3.8, 4) is 11.3 Å². The Morgan fingerprint density at radius 3 is 2.47 bits per heavy atom. The molecule has 6 nitrogen and oxygen atoms in total. The molecule has 0 unspecified atom stereocenters. The van der Waals surface area contributed by atoms with E-state index in [4.69, 9.17) is 16.0 Å². The Hall–Kier alpha value is -3.64. The fourth-order valence-electron chi connectivity index (χ4n) is 2.88. The molecule has 150 valence electrons. The second-order valence-corrected chi connectivity index (χ2v) is 7.11. The van der Waals surface area contributed by atoms with Crippen molar-refractivity contribution >= 4 is 29.1 Å². The minimum atomic E-state index is -0.170. The topological polar surface area (TPSA) is 80.0 Å². The van der Waals surface area contributed by atoms with Crippen LogP contribution in [-0.2, 0) is 6.54 Å². The van der Waals surface area contributed by atoms with Crippen LogP contribution in [0.2, 0.25) is 5.02 Å². The smallest absolute Gasteiger partial charge is 0.251 e. The Labute approximate surface area is 178 Å². The van der Waals surface area contributed by atoms with Crippen molar-refractivity contribution in [2.75, 3.05) is 5.32 Å². The average molecular weight is 419 g/mol. The number of anilines is 2. The van der Waals surface area contributed by atoms with E-state index < -0.39 is 0 Å². The van der Waals surface area contributed by atoms with Crippen molar-refractivity contribution < 1.29 is 9.21 Å². The molecule has 0 saturated heterocycles. The van der Waals surface area contributed by atoms with E-state index in [1.807, 2.05) is 61.5 Å². The third-order valence-corrected chi connectivity index (χ3v) is 4.67. The van der Waals surface area contributed by atoms with Crippen molar-refractivity contribution in [3.63, 3.8) is 0 Å². The second kappa shape index (κ2) is 8.80. The molecule has 0 bridgehead atoms. The van der Waals surface area contributed by atoms with Gasteiger partial charge in [0.2, 0.25) is 5.95 Å². The first kappa shape index (κ1) is 19.7. The highest BCUT2D eigenvalue weighted by Gasteiger charge is 2.08. The van der Waals surface area contributed by atoms with Gasteiger partial charge in [-0.15, -0.1) is 0 Å². The number of furan rings is 1. The van der Waals surface area contributed by atoms with E-state index in [2.05, 4.69) is 20.6 Å². The van der Waals surface area contributed by atoms with E-state index in [9.17, 15) is 4.79 Å². The molecule has 7 heteroatoms. The number of aryl methyl sites for hydroxylation is 1. The predicted molar refractivity (Wildman–Crippen MR) is 117 cm³/mol. The van der Waals surface area contributed by atoms with Crippen LogP contribution in [0.5, 0.6) is 0 Å². The molecule has 1 amide bonds. The number of halogens is 1. The summed E-state index contributed by atoms with van der Waals surface area (Å²) in [5.41, 5.74) is 3.07. The van der Waals surface area contributed by atoms with Crippen LogP contribution in [0.1, 0.15) is 21.9 Å². The Kier molecular flexibility index (Phi) is 5.77. The van der Waals surface area contributed by atoms with Gasteiger partial charge in [-0.05, 0) is 61.5 Å². The Bertz CT molecular complexity index is 1150. The third-order valence-electron chi connectivity index (χ3n) is 4.42. The van der Waals surface area contributed by atoms with Crippen LogP contribution in [0, 0.1) is 6.92 Å². The summed E-state index contributed by atoms with van der Waals surface area (Å²) < 4.78 is 5.46. The molecule has 0 atom stereocenters. The molecule has 0 aliphatic rings. The van der Waals surface area contributed by atoms with Crippen LogP contribution in [0.4, 0.5) is 11.6 Å². The molecule has 0 radical (unpaired) electrons. The van der Waals surface area contributed by atoms with Gasteiger partial charge in [-0.25, -0.2) is 9.97 Å². The molecule has 0 spiro atoms. The quantitative estimate of drug-likeness (QED) is 0.440. The Balaban J connectivity index is 1.40. The summed E-state index contributed by atoms with van der Waals surface area (Å²) in [4.78, 5) is 21.1. The van der Waals surface area contributed by atoms with Crippen molar-refractivity contribution in [2.45, 2.75) is 13.5 Å². The van der Waals surface area contributed by atoms with Gasteiger partial charge in [0, 0.05) is 28.0 Å². The zero-order chi connectivity index (χ0) is 20.9. The summed E-state index contributed by atoms with van der Waals surface area (Å²) in [7, 11) is 0. The zero-order valence-electron chi connectivity index (χ0n) is 16.2. The summed E-state index contributed by atoms with van der Waals surface area (Å²) >= 11 is 5.95. The second-order valence-electron chi connectivity index (χ2n) is 6.67. The van der Waals surface area contributed by atoms with Crippen LogP contribution >= 0.6 is 11.6 Å². The van der Waals surface area contributed by atoms with E-state index >= 15 is 0 Å². The number of nitrogens with zero attached hydrogens (tertiary/aromatic N) is 2. The Morgan fingerprint density at radius 1 is 1.00 bits per heavy atom. The van der Waals surface area contributed by atoms with Crippen LogP contribution in [0.3, 0.4) is 0 Å². The minimum absolute atomic E-state index is 0.170. The Morgan fingerprint density at radius 2 is 1.77 bits per heavy atom. The molecule has 4 rings (SSSR count). The monoisotopic (exact) mass is 418 g/mol. The number of carbonyl (C=O) groups is 1. The number of hydrogen-bond donors (Lipinski definition) is 2. The molecule has 4 aromatic rings. The highest BCUT2D eigenvalue weighted by atomic mass is 35.5. The maximum absolute atomic E-state index is 12.3. The first-order valence-electron chi connectivity index (χ1n) is 9.36. The molecule has 0 fully saturated rings. The van der Waals surface area contributed by atoms with Gasteiger partial charge in [0.25, 0.3) is 5.91 Å². The zero-order valence-corrected chi connectivity index (χ0v) is 17.0. The normalized spacial score (nSPS) is 10.6. The van der Waals surface area contributed by atoms with E-state index in [0.717, 1.165) is 28.5 Å². The van der Waals surface area contributed by atoms with Crippen LogP contribution < -0.4 is 10.6 Å². The van der Waals surface area contributed by atoms with E-state index in [1.165, 1.54) is 0 Å². The molecular formula is C23H19ClN4O2. The van der Waals surface area contributed by atoms with Gasteiger partial charge in [-0.3, -0.25) is 4.79 Å². The average Bonchev–Trinajstić information content (AvgIpc) is 3.18. The van der Waals surface area contributed by atoms with Crippen molar-refractivity contribution in [3.05, 3.63) is 95.0 Å². The van der Waals surface area contributed by atoms with Gasteiger partial charge in [-0.2, -0.15) is 0 Å². The predicted octanol–water partition coefficient (Wildman–Crippen LogP) is 5.37. The number of amides is 1. The summed E-state index contributed by atoms with van der Waals surface area (Å²) in [6.45, 7) is 2.21. The standard InChI is InChI=1S/C23H19ClN4O2/c1-15-2-11-20(30-15)14-26-22(29)17-5-9-19(10-6-17)27-23-25-13-12-21(28-23)16-3-7-18(24)8-4-16/h2-13H,14H2,1H3,(H,26,29)(H,25,27,28). The number of rotatable bonds is 6. The summed E-state index contributed by atoms with van der Waals surface area (Å²) in [5, 5.41) is 6.67. The molecule has 0 aliphatic carbocycles. The lowest BCUT2D eigenvalue weighted by atomic mass is 10.1. The van der Waals surface area contributed by atoms with Crippen LogP contribution in [-0.4, -0.2) is 15.9 Å². The summed E-state index contributed by atoms with van der Waals surface area (Å²) in [5.74, 6) is 1.83. The molecule has 2 aromatic carbocycles. The molecule has 2 aromatic heterocycles. The van der Waals surface area contributed by atoms with Gasteiger partial charge >= 0.3 is 0 Å². The third kappa shape index (κ3) is 4.85. The molecule has 0 saturated carbocycles. The van der Waals surface area contributed by atoms with Crippen LogP contribution in [0.25, 0.3) is 11.3 Å². The highest BCUT2D eigenvalue weighted by molar-refractivity contribution is 6.30. The maximum Gasteiger partial charge on any atom is 0.251 e. The SMILES string of the molecule is Cc1ccc(CNC(=O)c2ccc(Nc3nccc(-c4ccc(Cl)cc4)n3)cc2)o1. The minimum Gasteiger partial charge on any atom is -0.465 e. The molecular weight excluding hydrogens is 400 g/mol. The lowest BCUT2D eigenvalue weighted by Crippen LogP contribution is -2.22. The number of hydrogen-bond acceptors (Lipinski definition) is 5. The fraction of sp³-hybridized carbons (Fsp3) is 0.0870. The van der Waals surface area contributed by atoms with E-state index in [0.29, 0.717) is 23.1 Å². The number of nitrogens with one attached hydrogen (secondary N) is 2. The fourth-order valence-corrected chi connectivity index (χ4v) is 3.01. The van der Waals surface area contributed by atoms with Gasteiger partial charge < -0.3 is 15.1 Å². The summed E-state index contributed by atoms with van der Waals surface area (Å²) in [6, 6.07) is 20.1. The van der Waals surface area contributed by atoms with E-state index in [-0.39, 0.29) is 5.91 Å². The lowest BCUT2D eigenvalue weighted by molar-refractivity contribution is 0.0948. The lowest BCUT2D eigenvalue weighted by Gasteiger charge is -2.08. The van der Waals surface area contributed by atoms with Crippen molar-refractivity contribution in [2.24, 2.45) is 0 Å². The van der Waals surface area contributed by atoms with Crippen LogP contribution in [0.15, 0.2) is 77.3 Å². The largest absolute Gasteiger partial charge is 0.465 e.